The maximum Gasteiger partial charge on any atom is 0.305 e. The van der Waals surface area contributed by atoms with Crippen molar-refractivity contribution in [3.63, 3.8) is 0 Å². The summed E-state index contributed by atoms with van der Waals surface area (Å²) in [5.74, 6) is -1.24. The van der Waals surface area contributed by atoms with Gasteiger partial charge in [-0.1, -0.05) is 32.4 Å². The number of carbonyl (C=O) groups is 2. The largest absolute Gasteiger partial charge is 0.481 e. The van der Waals surface area contributed by atoms with Gasteiger partial charge in [0.05, 0.1) is 10.8 Å². The summed E-state index contributed by atoms with van der Waals surface area (Å²) in [4.78, 5) is 23.6. The van der Waals surface area contributed by atoms with E-state index in [1.54, 1.807) is 12.1 Å². The molecule has 0 aliphatic rings. The zero-order valence-electron chi connectivity index (χ0n) is 11.6. The number of carbonyl (C=O) groups excluding carboxylic acids is 1. The van der Waals surface area contributed by atoms with E-state index in [9.17, 15) is 9.59 Å². The summed E-state index contributed by atoms with van der Waals surface area (Å²) in [6.07, 6.45) is 2.95. The second-order valence-corrected chi connectivity index (χ2v) is 7.25. The van der Waals surface area contributed by atoms with Crippen LogP contribution >= 0.6 is 22.9 Å². The van der Waals surface area contributed by atoms with E-state index in [-0.39, 0.29) is 17.7 Å². The number of amides is 1. The first kappa shape index (κ1) is 16.7. The number of aliphatic carboxylic acids is 1. The number of hydrogen-bond donors (Lipinski definition) is 2. The third-order valence-corrected chi connectivity index (χ3v) is 3.93. The fraction of sp³-hybridized carbons (Fsp3) is 0.429. The molecule has 1 aromatic heterocycles. The minimum Gasteiger partial charge on any atom is -0.481 e. The zero-order chi connectivity index (χ0) is 15.3. The molecule has 0 aromatic carbocycles. The normalized spacial score (nSPS) is 13.4. The SMILES string of the molecule is CC(C)(C)C(CC(=O)O)NC(=O)/C=C/c1ccc(Cl)s1. The molecule has 0 saturated carbocycles. The minimum absolute atomic E-state index is 0.103. The molecule has 0 aliphatic heterocycles. The first-order valence-electron chi connectivity index (χ1n) is 6.14. The number of hydrogen-bond acceptors (Lipinski definition) is 3. The molecular formula is C14H18ClNO3S. The van der Waals surface area contributed by atoms with Gasteiger partial charge in [-0.05, 0) is 23.6 Å². The van der Waals surface area contributed by atoms with E-state index in [4.69, 9.17) is 16.7 Å². The Morgan fingerprint density at radius 1 is 1.45 bits per heavy atom. The van der Waals surface area contributed by atoms with Gasteiger partial charge in [-0.25, -0.2) is 0 Å². The second kappa shape index (κ2) is 6.90. The van der Waals surface area contributed by atoms with Gasteiger partial charge in [0.15, 0.2) is 0 Å². The van der Waals surface area contributed by atoms with Gasteiger partial charge < -0.3 is 10.4 Å². The topological polar surface area (TPSA) is 66.4 Å². The van der Waals surface area contributed by atoms with Gasteiger partial charge in [0.1, 0.15) is 0 Å². The number of halogens is 1. The molecule has 1 aromatic rings. The van der Waals surface area contributed by atoms with E-state index < -0.39 is 12.0 Å². The molecule has 0 aliphatic carbocycles. The van der Waals surface area contributed by atoms with Crippen LogP contribution < -0.4 is 5.32 Å². The van der Waals surface area contributed by atoms with Gasteiger partial charge in [-0.3, -0.25) is 9.59 Å². The van der Waals surface area contributed by atoms with Crippen molar-refractivity contribution in [1.29, 1.82) is 0 Å². The van der Waals surface area contributed by atoms with Crippen molar-refractivity contribution in [2.24, 2.45) is 5.41 Å². The lowest BCUT2D eigenvalue weighted by Crippen LogP contribution is -2.44. The Labute approximate surface area is 127 Å². The first-order valence-corrected chi connectivity index (χ1v) is 7.33. The standard InChI is InChI=1S/C14H18ClNO3S/c1-14(2,3)10(8-13(18)19)16-12(17)7-5-9-4-6-11(15)20-9/h4-7,10H,8H2,1-3H3,(H,16,17)(H,18,19)/b7-5+. The van der Waals surface area contributed by atoms with E-state index >= 15 is 0 Å². The molecule has 0 fully saturated rings. The maximum atomic E-state index is 11.8. The maximum absolute atomic E-state index is 11.8. The first-order chi connectivity index (χ1) is 9.18. The van der Waals surface area contributed by atoms with Crippen LogP contribution in [0.25, 0.3) is 6.08 Å². The van der Waals surface area contributed by atoms with Crippen LogP contribution in [0.4, 0.5) is 0 Å². The minimum atomic E-state index is -0.931. The molecule has 6 heteroatoms. The summed E-state index contributed by atoms with van der Waals surface area (Å²) in [7, 11) is 0. The van der Waals surface area contributed by atoms with Crippen molar-refractivity contribution in [1.82, 2.24) is 5.32 Å². The highest BCUT2D eigenvalue weighted by molar-refractivity contribution is 7.17. The van der Waals surface area contributed by atoms with Gasteiger partial charge in [0, 0.05) is 17.0 Å². The number of carboxylic acids is 1. The van der Waals surface area contributed by atoms with Crippen molar-refractivity contribution >= 4 is 40.9 Å². The summed E-state index contributed by atoms with van der Waals surface area (Å²) in [5.41, 5.74) is -0.325. The van der Waals surface area contributed by atoms with Crippen molar-refractivity contribution in [2.45, 2.75) is 33.2 Å². The summed E-state index contributed by atoms with van der Waals surface area (Å²) in [6, 6.07) is 3.14. The van der Waals surface area contributed by atoms with Gasteiger partial charge in [0.25, 0.3) is 0 Å². The fourth-order valence-electron chi connectivity index (χ4n) is 1.54. The quantitative estimate of drug-likeness (QED) is 0.818. The summed E-state index contributed by atoms with van der Waals surface area (Å²) in [6.45, 7) is 5.68. The molecule has 0 spiro atoms. The third kappa shape index (κ3) is 5.75. The van der Waals surface area contributed by atoms with Crippen molar-refractivity contribution < 1.29 is 14.7 Å². The Hall–Kier alpha value is -1.33. The van der Waals surface area contributed by atoms with E-state index in [0.717, 1.165) is 4.88 Å². The van der Waals surface area contributed by atoms with Crippen LogP contribution in [0.5, 0.6) is 0 Å². The molecule has 0 bridgehead atoms. The van der Waals surface area contributed by atoms with Gasteiger partial charge >= 0.3 is 5.97 Å². The lowest BCUT2D eigenvalue weighted by atomic mass is 9.84. The fourth-order valence-corrected chi connectivity index (χ4v) is 2.51. The van der Waals surface area contributed by atoms with Gasteiger partial charge in [0.2, 0.25) is 5.91 Å². The summed E-state index contributed by atoms with van der Waals surface area (Å²) in [5, 5.41) is 11.6. The molecule has 0 radical (unpaired) electrons. The Bertz CT molecular complexity index is 517. The predicted octanol–water partition coefficient (Wildman–Crippen LogP) is 3.42. The Morgan fingerprint density at radius 2 is 2.10 bits per heavy atom. The van der Waals surface area contributed by atoms with Crippen molar-refractivity contribution in [3.8, 4) is 0 Å². The molecule has 0 saturated heterocycles. The molecule has 1 unspecified atom stereocenters. The number of carboxylic acid groups (broad SMARTS) is 1. The zero-order valence-corrected chi connectivity index (χ0v) is 13.2. The predicted molar refractivity (Wildman–Crippen MR) is 82.0 cm³/mol. The van der Waals surface area contributed by atoms with Crippen LogP contribution in [0, 0.1) is 5.41 Å². The lowest BCUT2D eigenvalue weighted by molar-refractivity contribution is -0.138. The Balaban J connectivity index is 2.66. The monoisotopic (exact) mass is 315 g/mol. The third-order valence-electron chi connectivity index (χ3n) is 2.73. The highest BCUT2D eigenvalue weighted by Crippen LogP contribution is 2.23. The average molecular weight is 316 g/mol. The number of thiophene rings is 1. The Morgan fingerprint density at radius 3 is 2.55 bits per heavy atom. The highest BCUT2D eigenvalue weighted by Gasteiger charge is 2.27. The Kier molecular flexibility index (Phi) is 5.77. The van der Waals surface area contributed by atoms with Crippen LogP contribution in [-0.2, 0) is 9.59 Å². The molecule has 1 atom stereocenters. The van der Waals surface area contributed by atoms with E-state index in [2.05, 4.69) is 5.32 Å². The molecule has 20 heavy (non-hydrogen) atoms. The average Bonchev–Trinajstić information content (AvgIpc) is 2.70. The van der Waals surface area contributed by atoms with Crippen LogP contribution in [-0.4, -0.2) is 23.0 Å². The smallest absolute Gasteiger partial charge is 0.305 e. The molecular weight excluding hydrogens is 298 g/mol. The van der Waals surface area contributed by atoms with Crippen LogP contribution in [0.1, 0.15) is 32.1 Å². The molecule has 110 valence electrons. The van der Waals surface area contributed by atoms with E-state index in [1.165, 1.54) is 17.4 Å². The van der Waals surface area contributed by atoms with E-state index in [1.807, 2.05) is 26.8 Å². The van der Waals surface area contributed by atoms with Crippen LogP contribution in [0.3, 0.4) is 0 Å². The van der Waals surface area contributed by atoms with Crippen LogP contribution in [0.2, 0.25) is 4.34 Å². The van der Waals surface area contributed by atoms with E-state index in [0.29, 0.717) is 4.34 Å². The summed E-state index contributed by atoms with van der Waals surface area (Å²) < 4.78 is 0.656. The number of nitrogens with one attached hydrogen (secondary N) is 1. The highest BCUT2D eigenvalue weighted by atomic mass is 35.5. The van der Waals surface area contributed by atoms with Crippen molar-refractivity contribution in [3.05, 3.63) is 27.4 Å². The molecule has 2 N–H and O–H groups in total. The number of rotatable bonds is 5. The van der Waals surface area contributed by atoms with Gasteiger partial charge in [-0.15, -0.1) is 11.3 Å². The molecule has 4 nitrogen and oxygen atoms in total. The lowest BCUT2D eigenvalue weighted by Gasteiger charge is -2.29. The van der Waals surface area contributed by atoms with Crippen LogP contribution in [0.15, 0.2) is 18.2 Å². The molecule has 1 amide bonds. The molecule has 1 heterocycles. The second-order valence-electron chi connectivity index (χ2n) is 5.50. The van der Waals surface area contributed by atoms with Gasteiger partial charge in [-0.2, -0.15) is 0 Å². The molecule has 1 rings (SSSR count). The van der Waals surface area contributed by atoms with Crippen molar-refractivity contribution in [2.75, 3.05) is 0 Å². The summed E-state index contributed by atoms with van der Waals surface area (Å²) >= 11 is 7.17.